The van der Waals surface area contributed by atoms with Gasteiger partial charge in [-0.3, -0.25) is 9.59 Å². The van der Waals surface area contributed by atoms with Crippen molar-refractivity contribution >= 4 is 47.0 Å². The SMILES string of the molecule is COc1cc(C=CC(=O)O[C@H]2[C@H](O[C@H]3[C@H](Oc4cc5c(O[C@@H]6O[C@H](COC(=O)CC(=O)O)[C@@H](O)[C@H](O)[C@H]6O)cccc5[o+]c4-c4ccc(O)c(O)c4)O[C@H](COC(=O)C=Cc4ccc(O)cc4)[C@@H](O)[C@@H]3O)OC[C@@H](O)[C@@H]2O[C@@H]2O[C@H](CO)[C@@H](O)[C@H](O)[C@H]2O)cc(OC)c1O. The molecule has 33 heteroatoms. The second kappa shape index (κ2) is 30.7. The van der Waals surface area contributed by atoms with Gasteiger partial charge < -0.3 is 138 Å². The Balaban J connectivity index is 1.11. The number of carbonyl (C=O) groups is 4. The van der Waals surface area contributed by atoms with Gasteiger partial charge in [-0.1, -0.05) is 12.1 Å². The van der Waals surface area contributed by atoms with Gasteiger partial charge in [-0.2, -0.15) is 0 Å². The molecule has 508 valence electrons. The quantitative estimate of drug-likeness (QED) is 0.00876. The Kier molecular flexibility index (Phi) is 22.7. The molecule has 0 radical (unpaired) electrons. The van der Waals surface area contributed by atoms with Crippen LogP contribution in [0.15, 0.2) is 95.4 Å². The van der Waals surface area contributed by atoms with E-state index in [2.05, 4.69) is 0 Å². The van der Waals surface area contributed by atoms with E-state index in [0.717, 1.165) is 24.3 Å². The molecule has 5 heterocycles. The van der Waals surface area contributed by atoms with Crippen LogP contribution in [0, 0.1) is 0 Å². The van der Waals surface area contributed by atoms with Gasteiger partial charge in [-0.15, -0.1) is 0 Å². The molecular weight excluding hydrogens is 1260 g/mol. The van der Waals surface area contributed by atoms with Crippen LogP contribution in [0.1, 0.15) is 17.5 Å². The van der Waals surface area contributed by atoms with Crippen LogP contribution >= 0.6 is 0 Å². The molecule has 15 N–H and O–H groups in total. The molecule has 4 aliphatic rings. The molecule has 0 saturated carbocycles. The van der Waals surface area contributed by atoms with E-state index >= 15 is 0 Å². The summed E-state index contributed by atoms with van der Waals surface area (Å²) in [5, 5.41) is 161. The lowest BCUT2D eigenvalue weighted by molar-refractivity contribution is -0.369. The third-order valence-electron chi connectivity index (χ3n) is 15.2. The van der Waals surface area contributed by atoms with Crippen LogP contribution in [0.3, 0.4) is 0 Å². The summed E-state index contributed by atoms with van der Waals surface area (Å²) in [7, 11) is 2.50. The summed E-state index contributed by atoms with van der Waals surface area (Å²) in [5.41, 5.74) is 0.511. The van der Waals surface area contributed by atoms with Crippen LogP contribution in [0.4, 0.5) is 0 Å². The molecule has 19 atom stereocenters. The number of phenols is 4. The number of phenolic OH excluding ortho intramolecular Hbond substituents is 4. The van der Waals surface area contributed by atoms with Crippen molar-refractivity contribution < 1.29 is 162 Å². The standard InChI is InChI=1S/C61H66O33/c1-81-35-16-26(17-36(82-2)45(35)72)9-15-43(70)92-57-55(93-59-53(80)49(76)46(73)38(21-62)89-59)32(66)22-85-60(57)94-56-51(78)48(75)40(23-83-42(69)14-8-25-6-11-28(63)12-7-25)91-61(56)88-37-19-29-33(86-54(37)27-10-13-30(64)31(65)18-27)4-3-5-34(29)87-58-52(79)50(77)47(74)39(90-58)24-84-44(71)20-41(67)68/h3-19,32,38-40,46-53,55-62,66,73-80H,20-24H2,1-2H3,(H4-,63,64,65,67,68,69,70,72)/p+1/t32-,38-,39-,40-,46-,47-,48-,49+,50+,51+,52-,53-,55+,56-,57-,58-,59+,60+,61-/m1/s1. The maximum atomic E-state index is 14.1. The average molecular weight is 1330 g/mol. The van der Waals surface area contributed by atoms with Crippen molar-refractivity contribution in [2.75, 3.05) is 40.6 Å². The number of fused-ring (bicyclic) bond motifs is 1. The lowest BCUT2D eigenvalue weighted by Gasteiger charge is -2.47. The first-order valence-electron chi connectivity index (χ1n) is 28.6. The summed E-state index contributed by atoms with van der Waals surface area (Å²) in [4.78, 5) is 50.5. The van der Waals surface area contributed by atoms with Crippen molar-refractivity contribution in [3.05, 3.63) is 102 Å². The number of carbonyl (C=O) groups excluding carboxylic acids is 3. The number of methoxy groups -OCH3 is 2. The van der Waals surface area contributed by atoms with Crippen molar-refractivity contribution in [3.63, 3.8) is 0 Å². The summed E-state index contributed by atoms with van der Waals surface area (Å²) in [6, 6.07) is 17.0. The molecule has 4 fully saturated rings. The predicted molar refractivity (Wildman–Crippen MR) is 309 cm³/mol. The first-order chi connectivity index (χ1) is 44.9. The highest BCUT2D eigenvalue weighted by atomic mass is 16.8. The first kappa shape index (κ1) is 69.7. The van der Waals surface area contributed by atoms with Crippen molar-refractivity contribution in [2.45, 2.75) is 123 Å². The maximum absolute atomic E-state index is 14.1. The third-order valence-corrected chi connectivity index (χ3v) is 15.2. The molecule has 5 aromatic rings. The average Bonchev–Trinajstić information content (AvgIpc) is 0.777. The van der Waals surface area contributed by atoms with Gasteiger partial charge in [-0.05, 0) is 71.8 Å². The van der Waals surface area contributed by atoms with Gasteiger partial charge in [-0.25, -0.2) is 14.0 Å². The van der Waals surface area contributed by atoms with Crippen LogP contribution in [-0.2, 0) is 61.8 Å². The Bertz CT molecular complexity index is 3500. The number of aliphatic carboxylic acids is 1. The Labute approximate surface area is 530 Å². The van der Waals surface area contributed by atoms with E-state index in [4.69, 9.17) is 71.1 Å². The van der Waals surface area contributed by atoms with E-state index in [-0.39, 0.29) is 56.6 Å². The van der Waals surface area contributed by atoms with Crippen LogP contribution in [0.5, 0.6) is 46.0 Å². The molecular formula is C61H67O33+. The highest BCUT2D eigenvalue weighted by Gasteiger charge is 2.55. The van der Waals surface area contributed by atoms with E-state index in [1.165, 1.54) is 93.1 Å². The number of esters is 3. The number of carboxylic acid groups (broad SMARTS) is 1. The first-order valence-corrected chi connectivity index (χ1v) is 28.6. The molecule has 0 spiro atoms. The monoisotopic (exact) mass is 1330 g/mol. The van der Waals surface area contributed by atoms with Gasteiger partial charge in [0.15, 0.2) is 47.8 Å². The number of hydrogen-bond acceptors (Lipinski definition) is 31. The fraction of sp³-hybridized carbons (Fsp3) is 0.426. The van der Waals surface area contributed by atoms with Gasteiger partial charge in [0, 0.05) is 30.4 Å². The summed E-state index contributed by atoms with van der Waals surface area (Å²) in [6.07, 6.45) is -34.3. The highest BCUT2D eigenvalue weighted by Crippen LogP contribution is 2.44. The zero-order valence-corrected chi connectivity index (χ0v) is 49.4. The van der Waals surface area contributed by atoms with Crippen LogP contribution in [-0.4, -0.2) is 258 Å². The van der Waals surface area contributed by atoms with E-state index in [9.17, 15) is 90.7 Å². The maximum Gasteiger partial charge on any atom is 0.402 e. The highest BCUT2D eigenvalue weighted by molar-refractivity contribution is 5.90. The Morgan fingerprint density at radius 1 is 0.564 bits per heavy atom. The molecule has 0 aliphatic carbocycles. The van der Waals surface area contributed by atoms with Crippen LogP contribution < -0.4 is 18.9 Å². The van der Waals surface area contributed by atoms with Crippen molar-refractivity contribution in [1.82, 2.24) is 0 Å². The third kappa shape index (κ3) is 16.1. The normalized spacial score (nSPS) is 30.4. The summed E-state index contributed by atoms with van der Waals surface area (Å²) < 4.78 is 81.6. The van der Waals surface area contributed by atoms with Gasteiger partial charge >= 0.3 is 35.2 Å². The molecule has 9 rings (SSSR count). The minimum absolute atomic E-state index is 0.0521. The number of aliphatic hydroxyl groups is 10. The topological polar surface area (TPSA) is 503 Å². The second-order valence-electron chi connectivity index (χ2n) is 21.6. The molecule has 33 nitrogen and oxygen atoms in total. The number of hydrogen-bond donors (Lipinski definition) is 15. The summed E-state index contributed by atoms with van der Waals surface area (Å²) >= 11 is 0. The number of benzene rings is 4. The molecule has 94 heavy (non-hydrogen) atoms. The number of aromatic hydroxyl groups is 4. The van der Waals surface area contributed by atoms with Crippen molar-refractivity contribution in [1.29, 1.82) is 0 Å². The van der Waals surface area contributed by atoms with E-state index in [1.807, 2.05) is 0 Å². The molecule has 1 aromatic heterocycles. The van der Waals surface area contributed by atoms with E-state index < -0.39 is 191 Å². The van der Waals surface area contributed by atoms with Gasteiger partial charge in [0.25, 0.3) is 0 Å². The molecule has 4 aliphatic heterocycles. The van der Waals surface area contributed by atoms with E-state index in [0.29, 0.717) is 5.56 Å². The Morgan fingerprint density at radius 3 is 1.82 bits per heavy atom. The summed E-state index contributed by atoms with van der Waals surface area (Å²) in [6.45, 7) is -3.40. The molecule has 0 unspecified atom stereocenters. The zero-order chi connectivity index (χ0) is 67.8. The van der Waals surface area contributed by atoms with E-state index in [1.54, 1.807) is 0 Å². The smallest absolute Gasteiger partial charge is 0.402 e. The lowest BCUT2D eigenvalue weighted by atomic mass is 9.97. The Morgan fingerprint density at radius 2 is 1.16 bits per heavy atom. The zero-order valence-electron chi connectivity index (χ0n) is 49.4. The fourth-order valence-electron chi connectivity index (χ4n) is 10.2. The minimum atomic E-state index is -2.26. The second-order valence-corrected chi connectivity index (χ2v) is 21.6. The van der Waals surface area contributed by atoms with Crippen LogP contribution in [0.2, 0.25) is 0 Å². The fourth-order valence-corrected chi connectivity index (χ4v) is 10.2. The number of ether oxygens (including phenoxy) is 13. The molecule has 4 saturated heterocycles. The van der Waals surface area contributed by atoms with Gasteiger partial charge in [0.2, 0.25) is 24.1 Å². The van der Waals surface area contributed by atoms with Gasteiger partial charge in [0.05, 0.1) is 33.0 Å². The lowest BCUT2D eigenvalue weighted by Crippen LogP contribution is -2.66. The largest absolute Gasteiger partial charge is 0.508 e. The molecule has 0 bridgehead atoms. The molecule has 0 amide bonds. The number of rotatable bonds is 23. The van der Waals surface area contributed by atoms with Crippen molar-refractivity contribution in [3.8, 4) is 57.3 Å². The Hall–Kier alpha value is -8.59. The number of carboxylic acids is 1. The van der Waals surface area contributed by atoms with Crippen LogP contribution in [0.25, 0.3) is 34.4 Å². The minimum Gasteiger partial charge on any atom is -0.508 e. The predicted octanol–water partition coefficient (Wildman–Crippen LogP) is -1.58. The molecule has 4 aromatic carbocycles. The number of aliphatic hydroxyl groups excluding tert-OH is 10. The summed E-state index contributed by atoms with van der Waals surface area (Å²) in [5.74, 6) is -7.94. The van der Waals surface area contributed by atoms with Gasteiger partial charge in [0.1, 0.15) is 116 Å². The van der Waals surface area contributed by atoms with Crippen molar-refractivity contribution in [2.24, 2.45) is 0 Å².